The lowest BCUT2D eigenvalue weighted by Gasteiger charge is -2.09. The van der Waals surface area contributed by atoms with Crippen molar-refractivity contribution in [1.29, 1.82) is 0 Å². The van der Waals surface area contributed by atoms with Gasteiger partial charge in [0.05, 0.1) is 5.02 Å². The van der Waals surface area contributed by atoms with E-state index in [2.05, 4.69) is 0 Å². The van der Waals surface area contributed by atoms with E-state index in [0.29, 0.717) is 23.9 Å². The summed E-state index contributed by atoms with van der Waals surface area (Å²) in [4.78, 5) is 0. The maximum absolute atomic E-state index is 6.10. The summed E-state index contributed by atoms with van der Waals surface area (Å²) in [6, 6.07) is 13.8. The summed E-state index contributed by atoms with van der Waals surface area (Å²) in [6.45, 7) is 3.07. The van der Waals surface area contributed by atoms with Crippen LogP contribution in [0.1, 0.15) is 16.7 Å². The van der Waals surface area contributed by atoms with Crippen LogP contribution in [0.4, 0.5) is 0 Å². The summed E-state index contributed by atoms with van der Waals surface area (Å²) < 4.78 is 5.69. The first-order chi connectivity index (χ1) is 8.69. The van der Waals surface area contributed by atoms with Gasteiger partial charge in [-0.2, -0.15) is 0 Å². The van der Waals surface area contributed by atoms with Crippen LogP contribution in [0.3, 0.4) is 0 Å². The molecule has 2 rings (SSSR count). The van der Waals surface area contributed by atoms with Crippen molar-refractivity contribution in [3.8, 4) is 5.75 Å². The Bertz CT molecular complexity index is 523. The highest BCUT2D eigenvalue weighted by Gasteiger charge is 2.02. The van der Waals surface area contributed by atoms with Crippen LogP contribution in [0, 0.1) is 6.92 Å². The van der Waals surface area contributed by atoms with Gasteiger partial charge in [0.25, 0.3) is 0 Å². The van der Waals surface area contributed by atoms with Gasteiger partial charge in [0.1, 0.15) is 12.4 Å². The zero-order valence-corrected chi connectivity index (χ0v) is 11.1. The molecule has 0 unspecified atom stereocenters. The Labute approximate surface area is 112 Å². The van der Waals surface area contributed by atoms with Gasteiger partial charge >= 0.3 is 0 Å². The van der Waals surface area contributed by atoms with Gasteiger partial charge in [-0.15, -0.1) is 0 Å². The number of hydrogen-bond acceptors (Lipinski definition) is 2. The maximum Gasteiger partial charge on any atom is 0.138 e. The molecule has 2 N–H and O–H groups in total. The molecule has 0 amide bonds. The van der Waals surface area contributed by atoms with Crippen LogP contribution in [0.25, 0.3) is 0 Å². The standard InChI is InChI=1S/C15H16ClNO/c1-11-2-7-15(14(16)8-11)18-10-13-5-3-12(9-17)4-6-13/h2-8H,9-10,17H2,1H3. The average molecular weight is 262 g/mol. The number of rotatable bonds is 4. The molecule has 2 aromatic carbocycles. The van der Waals surface area contributed by atoms with E-state index in [-0.39, 0.29) is 0 Å². The fourth-order valence-electron chi connectivity index (χ4n) is 1.66. The molecule has 0 atom stereocenters. The van der Waals surface area contributed by atoms with E-state index < -0.39 is 0 Å². The Morgan fingerprint density at radius 2 is 1.72 bits per heavy atom. The van der Waals surface area contributed by atoms with Crippen LogP contribution in [-0.2, 0) is 13.2 Å². The van der Waals surface area contributed by atoms with Crippen molar-refractivity contribution in [3.05, 3.63) is 64.2 Å². The Kier molecular flexibility index (Phi) is 4.24. The highest BCUT2D eigenvalue weighted by molar-refractivity contribution is 6.32. The van der Waals surface area contributed by atoms with Gasteiger partial charge in [0.15, 0.2) is 0 Å². The maximum atomic E-state index is 6.10. The molecule has 18 heavy (non-hydrogen) atoms. The van der Waals surface area contributed by atoms with E-state index in [9.17, 15) is 0 Å². The zero-order valence-electron chi connectivity index (χ0n) is 10.3. The molecule has 94 valence electrons. The molecule has 3 heteroatoms. The fourth-order valence-corrected chi connectivity index (χ4v) is 1.95. The van der Waals surface area contributed by atoms with Crippen molar-refractivity contribution in [2.75, 3.05) is 0 Å². The molecule has 0 aliphatic rings. The van der Waals surface area contributed by atoms with E-state index in [4.69, 9.17) is 22.1 Å². The molecule has 0 saturated carbocycles. The Morgan fingerprint density at radius 3 is 2.33 bits per heavy atom. The third-order valence-electron chi connectivity index (χ3n) is 2.74. The summed E-state index contributed by atoms with van der Waals surface area (Å²) >= 11 is 6.10. The molecule has 0 radical (unpaired) electrons. The van der Waals surface area contributed by atoms with Gasteiger partial charge < -0.3 is 10.5 Å². The Hall–Kier alpha value is -1.51. The normalized spacial score (nSPS) is 10.4. The number of aryl methyl sites for hydroxylation is 1. The van der Waals surface area contributed by atoms with Gasteiger partial charge in [-0.25, -0.2) is 0 Å². The van der Waals surface area contributed by atoms with E-state index >= 15 is 0 Å². The minimum absolute atomic E-state index is 0.508. The highest BCUT2D eigenvalue weighted by atomic mass is 35.5. The molecule has 0 fully saturated rings. The Balaban J connectivity index is 2.02. The van der Waals surface area contributed by atoms with Crippen molar-refractivity contribution >= 4 is 11.6 Å². The van der Waals surface area contributed by atoms with Crippen LogP contribution >= 0.6 is 11.6 Å². The third kappa shape index (κ3) is 3.25. The fraction of sp³-hybridized carbons (Fsp3) is 0.200. The van der Waals surface area contributed by atoms with Crippen molar-refractivity contribution in [1.82, 2.24) is 0 Å². The number of benzene rings is 2. The van der Waals surface area contributed by atoms with Crippen molar-refractivity contribution in [2.24, 2.45) is 5.73 Å². The molecule has 0 spiro atoms. The molecular formula is C15H16ClNO. The first-order valence-electron chi connectivity index (χ1n) is 5.86. The summed E-state index contributed by atoms with van der Waals surface area (Å²) in [5.74, 6) is 0.713. The van der Waals surface area contributed by atoms with Gasteiger partial charge in [0.2, 0.25) is 0 Å². The SMILES string of the molecule is Cc1ccc(OCc2ccc(CN)cc2)c(Cl)c1. The van der Waals surface area contributed by atoms with Crippen LogP contribution < -0.4 is 10.5 Å². The molecule has 0 aliphatic carbocycles. The van der Waals surface area contributed by atoms with E-state index in [1.165, 1.54) is 0 Å². The molecule has 0 aromatic heterocycles. The molecule has 0 saturated heterocycles. The first-order valence-corrected chi connectivity index (χ1v) is 6.23. The largest absolute Gasteiger partial charge is 0.487 e. The molecule has 2 aromatic rings. The summed E-state index contributed by atoms with van der Waals surface area (Å²) in [5, 5.41) is 0.647. The zero-order chi connectivity index (χ0) is 13.0. The van der Waals surface area contributed by atoms with Gasteiger partial charge in [-0.1, -0.05) is 41.9 Å². The number of ether oxygens (including phenoxy) is 1. The first kappa shape index (κ1) is 12.9. The van der Waals surface area contributed by atoms with E-state index in [1.54, 1.807) is 0 Å². The van der Waals surface area contributed by atoms with Gasteiger partial charge in [-0.3, -0.25) is 0 Å². The van der Waals surface area contributed by atoms with Crippen molar-refractivity contribution in [3.63, 3.8) is 0 Å². The molecular weight excluding hydrogens is 246 g/mol. The number of halogens is 1. The molecule has 0 aliphatic heterocycles. The van der Waals surface area contributed by atoms with E-state index in [1.807, 2.05) is 49.4 Å². The quantitative estimate of drug-likeness (QED) is 0.911. The lowest BCUT2D eigenvalue weighted by Crippen LogP contribution is -1.99. The van der Waals surface area contributed by atoms with Gasteiger partial charge in [-0.05, 0) is 35.7 Å². The average Bonchev–Trinajstić information content (AvgIpc) is 2.38. The predicted octanol–water partition coefficient (Wildman–Crippen LogP) is 3.69. The highest BCUT2D eigenvalue weighted by Crippen LogP contribution is 2.25. The Morgan fingerprint density at radius 1 is 1.06 bits per heavy atom. The summed E-state index contributed by atoms with van der Waals surface area (Å²) in [5.41, 5.74) is 8.89. The van der Waals surface area contributed by atoms with Crippen LogP contribution in [0.5, 0.6) is 5.75 Å². The monoisotopic (exact) mass is 261 g/mol. The third-order valence-corrected chi connectivity index (χ3v) is 3.04. The second-order valence-corrected chi connectivity index (χ2v) is 4.65. The number of nitrogens with two attached hydrogens (primary N) is 1. The molecule has 2 nitrogen and oxygen atoms in total. The second-order valence-electron chi connectivity index (χ2n) is 4.24. The number of hydrogen-bond donors (Lipinski definition) is 1. The molecule has 0 bridgehead atoms. The summed E-state index contributed by atoms with van der Waals surface area (Å²) in [6.07, 6.45) is 0. The van der Waals surface area contributed by atoms with Crippen LogP contribution in [-0.4, -0.2) is 0 Å². The van der Waals surface area contributed by atoms with E-state index in [0.717, 1.165) is 16.7 Å². The van der Waals surface area contributed by atoms with Crippen LogP contribution in [0.2, 0.25) is 5.02 Å². The van der Waals surface area contributed by atoms with Crippen LogP contribution in [0.15, 0.2) is 42.5 Å². The topological polar surface area (TPSA) is 35.2 Å². The van der Waals surface area contributed by atoms with Gasteiger partial charge in [0, 0.05) is 6.54 Å². The van der Waals surface area contributed by atoms with Crippen molar-refractivity contribution in [2.45, 2.75) is 20.1 Å². The molecule has 0 heterocycles. The lowest BCUT2D eigenvalue weighted by atomic mass is 10.1. The van der Waals surface area contributed by atoms with Crippen molar-refractivity contribution < 1.29 is 4.74 Å². The predicted molar refractivity (Wildman–Crippen MR) is 74.9 cm³/mol. The second kappa shape index (κ2) is 5.89. The smallest absolute Gasteiger partial charge is 0.138 e. The summed E-state index contributed by atoms with van der Waals surface area (Å²) in [7, 11) is 0. The minimum atomic E-state index is 0.508. The minimum Gasteiger partial charge on any atom is -0.487 e. The lowest BCUT2D eigenvalue weighted by molar-refractivity contribution is 0.306.